The van der Waals surface area contributed by atoms with Crippen LogP contribution in [0.5, 0.6) is 0 Å². The fourth-order valence-electron chi connectivity index (χ4n) is 3.86. The van der Waals surface area contributed by atoms with E-state index in [0.717, 1.165) is 12.1 Å². The van der Waals surface area contributed by atoms with Gasteiger partial charge in [0.15, 0.2) is 0 Å². The molecule has 3 rings (SSSR count). The summed E-state index contributed by atoms with van der Waals surface area (Å²) in [4.78, 5) is 2.23. The zero-order chi connectivity index (χ0) is 19.7. The topological polar surface area (TPSA) is 64.1 Å². The van der Waals surface area contributed by atoms with E-state index in [0.29, 0.717) is 39.0 Å². The van der Waals surface area contributed by atoms with Gasteiger partial charge in [0.25, 0.3) is 10.2 Å². The van der Waals surface area contributed by atoms with Crippen LogP contribution >= 0.6 is 0 Å². The molecule has 0 bridgehead atoms. The van der Waals surface area contributed by atoms with Gasteiger partial charge in [-0.2, -0.15) is 17.0 Å². The Balaban J connectivity index is 1.61. The molecular weight excluding hydrogens is 369 g/mol. The Morgan fingerprint density at radius 2 is 1.89 bits per heavy atom. The molecule has 0 unspecified atom stereocenters. The maximum absolute atomic E-state index is 13.0. The summed E-state index contributed by atoms with van der Waals surface area (Å²) in [7, 11) is -0.396. The van der Waals surface area contributed by atoms with Crippen molar-refractivity contribution in [1.29, 1.82) is 0 Å². The number of piperidine rings is 2. The van der Waals surface area contributed by atoms with Gasteiger partial charge >= 0.3 is 0 Å². The van der Waals surface area contributed by atoms with Crippen LogP contribution in [0.25, 0.3) is 6.08 Å². The number of hydrogen-bond donors (Lipinski definition) is 1. The van der Waals surface area contributed by atoms with Gasteiger partial charge < -0.3 is 5.11 Å². The normalized spacial score (nSPS) is 28.0. The first-order valence-electron chi connectivity index (χ1n) is 9.25. The first kappa shape index (κ1) is 20.4. The van der Waals surface area contributed by atoms with Gasteiger partial charge in [-0.3, -0.25) is 4.90 Å². The highest BCUT2D eigenvalue weighted by molar-refractivity contribution is 7.86. The summed E-state index contributed by atoms with van der Waals surface area (Å²) in [5.74, 6) is -0.356. The molecule has 0 spiro atoms. The van der Waals surface area contributed by atoms with Crippen molar-refractivity contribution in [1.82, 2.24) is 13.5 Å². The molecule has 150 valence electrons. The largest absolute Gasteiger partial charge is 0.389 e. The molecule has 0 radical (unpaired) electrons. The minimum atomic E-state index is -3.46. The van der Waals surface area contributed by atoms with Crippen molar-refractivity contribution < 1.29 is 17.9 Å². The molecule has 0 aliphatic carbocycles. The zero-order valence-corrected chi connectivity index (χ0v) is 16.7. The molecule has 27 heavy (non-hydrogen) atoms. The highest BCUT2D eigenvalue weighted by atomic mass is 32.2. The molecule has 1 aromatic carbocycles. The van der Waals surface area contributed by atoms with Gasteiger partial charge in [-0.1, -0.05) is 24.3 Å². The van der Waals surface area contributed by atoms with Crippen molar-refractivity contribution in [3.63, 3.8) is 0 Å². The number of likely N-dealkylation sites (tertiary alicyclic amines) is 1. The standard InChI is InChI=1S/C19H28FN3O3S/c1-21(2)27(25,26)23-13-10-19(24)9-12-22(14-17(19)15-23)11-3-4-16-5-7-18(20)8-6-16/h3-8,17,24H,9-15H2,1-2H3/t17-,19-/m1/s1. The maximum atomic E-state index is 13.0. The van der Waals surface area contributed by atoms with E-state index < -0.39 is 15.8 Å². The third kappa shape index (κ3) is 4.57. The summed E-state index contributed by atoms with van der Waals surface area (Å²) in [5, 5.41) is 10.9. The van der Waals surface area contributed by atoms with Gasteiger partial charge in [-0.15, -0.1) is 0 Å². The molecule has 8 heteroatoms. The lowest BCUT2D eigenvalue weighted by molar-refractivity contribution is -0.0998. The van der Waals surface area contributed by atoms with E-state index in [1.165, 1.54) is 34.8 Å². The van der Waals surface area contributed by atoms with E-state index in [2.05, 4.69) is 4.90 Å². The first-order valence-corrected chi connectivity index (χ1v) is 10.6. The quantitative estimate of drug-likeness (QED) is 0.816. The fraction of sp³-hybridized carbons (Fsp3) is 0.579. The monoisotopic (exact) mass is 397 g/mol. The van der Waals surface area contributed by atoms with Crippen molar-refractivity contribution in [2.45, 2.75) is 18.4 Å². The zero-order valence-electron chi connectivity index (χ0n) is 15.9. The highest BCUT2D eigenvalue weighted by Crippen LogP contribution is 2.36. The average Bonchev–Trinajstić information content (AvgIpc) is 2.63. The Labute approximate surface area is 161 Å². The van der Waals surface area contributed by atoms with Gasteiger partial charge in [0, 0.05) is 52.7 Å². The summed E-state index contributed by atoms with van der Waals surface area (Å²) in [6.45, 7) is 2.85. The second-order valence-electron chi connectivity index (χ2n) is 7.66. The first-order chi connectivity index (χ1) is 12.7. The molecule has 0 saturated carbocycles. The van der Waals surface area contributed by atoms with E-state index >= 15 is 0 Å². The summed E-state index contributed by atoms with van der Waals surface area (Å²) >= 11 is 0. The Morgan fingerprint density at radius 3 is 2.56 bits per heavy atom. The van der Waals surface area contributed by atoms with Crippen LogP contribution in [0.1, 0.15) is 18.4 Å². The van der Waals surface area contributed by atoms with Crippen molar-refractivity contribution in [2.75, 3.05) is 46.8 Å². The number of nitrogens with zero attached hydrogens (tertiary/aromatic N) is 3. The lowest BCUT2D eigenvalue weighted by Crippen LogP contribution is -2.61. The number of hydrogen-bond acceptors (Lipinski definition) is 4. The van der Waals surface area contributed by atoms with Crippen LogP contribution in [-0.4, -0.2) is 79.5 Å². The van der Waals surface area contributed by atoms with Crippen LogP contribution in [0.2, 0.25) is 0 Å². The molecule has 2 atom stereocenters. The van der Waals surface area contributed by atoms with E-state index in [1.807, 2.05) is 12.2 Å². The SMILES string of the molecule is CN(C)S(=O)(=O)N1CC[C@]2(O)CCN(CC=Cc3ccc(F)cc3)C[C@@H]2C1. The molecule has 1 aromatic rings. The lowest BCUT2D eigenvalue weighted by Gasteiger charge is -2.49. The Bertz CT molecular complexity index is 782. The second kappa shape index (κ2) is 7.97. The summed E-state index contributed by atoms with van der Waals surface area (Å²) in [5.41, 5.74) is 0.154. The molecule has 0 amide bonds. The molecule has 2 aliphatic heterocycles. The molecular formula is C19H28FN3O3S. The average molecular weight is 398 g/mol. The summed E-state index contributed by atoms with van der Waals surface area (Å²) < 4.78 is 40.5. The maximum Gasteiger partial charge on any atom is 0.281 e. The van der Waals surface area contributed by atoms with Crippen LogP contribution in [0.15, 0.2) is 30.3 Å². The Morgan fingerprint density at radius 1 is 1.22 bits per heavy atom. The molecule has 1 N–H and O–H groups in total. The predicted octanol–water partition coefficient (Wildman–Crippen LogP) is 1.40. The minimum Gasteiger partial charge on any atom is -0.389 e. The highest BCUT2D eigenvalue weighted by Gasteiger charge is 2.47. The van der Waals surface area contributed by atoms with Gasteiger partial charge in [-0.25, -0.2) is 4.39 Å². The van der Waals surface area contributed by atoms with Crippen LogP contribution < -0.4 is 0 Å². The van der Waals surface area contributed by atoms with Crippen LogP contribution in [-0.2, 0) is 10.2 Å². The molecule has 2 aliphatic rings. The molecule has 2 saturated heterocycles. The molecule has 2 fully saturated rings. The van der Waals surface area contributed by atoms with Gasteiger partial charge in [0.2, 0.25) is 0 Å². The van der Waals surface area contributed by atoms with E-state index in [4.69, 9.17) is 0 Å². The van der Waals surface area contributed by atoms with Gasteiger partial charge in [0.05, 0.1) is 5.60 Å². The van der Waals surface area contributed by atoms with Crippen LogP contribution in [0, 0.1) is 11.7 Å². The number of aliphatic hydroxyl groups is 1. The van der Waals surface area contributed by atoms with E-state index in [-0.39, 0.29) is 11.7 Å². The fourth-order valence-corrected chi connectivity index (χ4v) is 5.01. The summed E-state index contributed by atoms with van der Waals surface area (Å²) in [6, 6.07) is 6.32. The number of benzene rings is 1. The Hall–Kier alpha value is -1.32. The lowest BCUT2D eigenvalue weighted by atomic mass is 9.76. The van der Waals surface area contributed by atoms with E-state index in [9.17, 15) is 17.9 Å². The third-order valence-corrected chi connectivity index (χ3v) is 7.56. The number of fused-ring (bicyclic) bond motifs is 1. The third-order valence-electron chi connectivity index (χ3n) is 5.65. The van der Waals surface area contributed by atoms with Crippen molar-refractivity contribution >= 4 is 16.3 Å². The van der Waals surface area contributed by atoms with Gasteiger partial charge in [-0.05, 0) is 30.5 Å². The van der Waals surface area contributed by atoms with Crippen molar-refractivity contribution in [3.05, 3.63) is 41.7 Å². The number of rotatable bonds is 5. The van der Waals surface area contributed by atoms with Crippen LogP contribution in [0.3, 0.4) is 0 Å². The van der Waals surface area contributed by atoms with E-state index in [1.54, 1.807) is 12.1 Å². The van der Waals surface area contributed by atoms with Crippen molar-refractivity contribution in [3.8, 4) is 0 Å². The van der Waals surface area contributed by atoms with Crippen LogP contribution in [0.4, 0.5) is 4.39 Å². The molecule has 0 aromatic heterocycles. The molecule has 6 nitrogen and oxygen atoms in total. The van der Waals surface area contributed by atoms with Crippen molar-refractivity contribution in [2.24, 2.45) is 5.92 Å². The smallest absolute Gasteiger partial charge is 0.281 e. The predicted molar refractivity (Wildman–Crippen MR) is 104 cm³/mol. The Kier molecular flexibility index (Phi) is 6.02. The van der Waals surface area contributed by atoms with Gasteiger partial charge in [0.1, 0.15) is 5.82 Å². The minimum absolute atomic E-state index is 0.103. The number of halogens is 1. The summed E-state index contributed by atoms with van der Waals surface area (Å²) in [6.07, 6.45) is 5.10. The second-order valence-corrected chi connectivity index (χ2v) is 9.80. The molecule has 2 heterocycles.